The Kier molecular flexibility index (Phi) is 2.69. The van der Waals surface area contributed by atoms with Crippen molar-refractivity contribution in [2.45, 2.75) is 25.7 Å². The number of benzene rings is 2. The van der Waals surface area contributed by atoms with Crippen LogP contribution in [0.1, 0.15) is 30.0 Å². The van der Waals surface area contributed by atoms with Crippen LogP contribution in [0.2, 0.25) is 0 Å². The summed E-state index contributed by atoms with van der Waals surface area (Å²) in [6.45, 7) is 8.19. The average Bonchev–Trinajstić information content (AvgIpc) is 2.67. The van der Waals surface area contributed by atoms with Crippen LogP contribution >= 0.6 is 0 Å². The van der Waals surface area contributed by atoms with Gasteiger partial charge in [-0.15, -0.1) is 5.73 Å². The molecule has 0 nitrogen and oxygen atoms in total. The maximum Gasteiger partial charge on any atom is 0.0227 e. The van der Waals surface area contributed by atoms with Gasteiger partial charge in [0.25, 0.3) is 0 Å². The van der Waals surface area contributed by atoms with E-state index in [1.54, 1.807) is 0 Å². The topological polar surface area (TPSA) is 0 Å². The molecule has 0 saturated carbocycles. The van der Waals surface area contributed by atoms with Crippen molar-refractivity contribution in [3.63, 3.8) is 0 Å². The monoisotopic (exact) mass is 246 g/mol. The van der Waals surface area contributed by atoms with Crippen molar-refractivity contribution in [2.24, 2.45) is 0 Å². The molecule has 0 heterocycles. The number of fused-ring (bicyclic) bond motifs is 3. The smallest absolute Gasteiger partial charge is 0.0227 e. The van der Waals surface area contributed by atoms with Gasteiger partial charge < -0.3 is 0 Å². The van der Waals surface area contributed by atoms with Gasteiger partial charge in [0.05, 0.1) is 0 Å². The SMILES string of the molecule is C=C=CC[C@@]1(C)c2ccccc2-c2ccc(C)cc21. The summed E-state index contributed by atoms with van der Waals surface area (Å²) < 4.78 is 0. The van der Waals surface area contributed by atoms with Gasteiger partial charge in [-0.1, -0.05) is 61.5 Å². The maximum absolute atomic E-state index is 3.70. The fourth-order valence-corrected chi connectivity index (χ4v) is 3.19. The lowest BCUT2D eigenvalue weighted by atomic mass is 9.77. The van der Waals surface area contributed by atoms with E-state index in [-0.39, 0.29) is 5.41 Å². The molecular weight excluding hydrogens is 228 g/mol. The van der Waals surface area contributed by atoms with Crippen molar-refractivity contribution in [1.29, 1.82) is 0 Å². The van der Waals surface area contributed by atoms with Gasteiger partial charge in [-0.25, -0.2) is 0 Å². The molecule has 0 fully saturated rings. The molecule has 0 bridgehead atoms. The van der Waals surface area contributed by atoms with E-state index >= 15 is 0 Å². The lowest BCUT2D eigenvalue weighted by Gasteiger charge is -2.26. The summed E-state index contributed by atoms with van der Waals surface area (Å²) in [4.78, 5) is 0. The van der Waals surface area contributed by atoms with Crippen LogP contribution in [0.5, 0.6) is 0 Å². The highest BCUT2D eigenvalue weighted by molar-refractivity contribution is 5.81. The van der Waals surface area contributed by atoms with Crippen molar-refractivity contribution in [3.8, 4) is 11.1 Å². The van der Waals surface area contributed by atoms with Gasteiger partial charge >= 0.3 is 0 Å². The van der Waals surface area contributed by atoms with Gasteiger partial charge in [0, 0.05) is 5.41 Å². The molecule has 0 aromatic heterocycles. The van der Waals surface area contributed by atoms with Gasteiger partial charge in [-0.3, -0.25) is 0 Å². The predicted octanol–water partition coefficient (Wildman–Crippen LogP) is 5.01. The molecule has 0 heteroatoms. The van der Waals surface area contributed by atoms with Crippen LogP contribution in [-0.4, -0.2) is 0 Å². The summed E-state index contributed by atoms with van der Waals surface area (Å²) in [5, 5.41) is 0. The number of allylic oxidation sites excluding steroid dienone is 1. The quantitative estimate of drug-likeness (QED) is 0.653. The molecule has 0 spiro atoms. The normalized spacial score (nSPS) is 19.5. The Morgan fingerprint density at radius 2 is 1.84 bits per heavy atom. The molecule has 2 aromatic carbocycles. The summed E-state index contributed by atoms with van der Waals surface area (Å²) in [5.74, 6) is 0. The van der Waals surface area contributed by atoms with Crippen molar-refractivity contribution in [1.82, 2.24) is 0 Å². The molecule has 0 amide bonds. The summed E-state index contributed by atoms with van der Waals surface area (Å²) in [5.41, 5.74) is 9.88. The Labute approximate surface area is 115 Å². The lowest BCUT2D eigenvalue weighted by molar-refractivity contribution is 0.596. The van der Waals surface area contributed by atoms with Gasteiger partial charge in [0.1, 0.15) is 0 Å². The molecule has 2 aromatic rings. The minimum Gasteiger partial charge on any atom is -0.133 e. The fraction of sp³-hybridized carbons (Fsp3) is 0.211. The summed E-state index contributed by atoms with van der Waals surface area (Å²) in [6, 6.07) is 15.5. The van der Waals surface area contributed by atoms with Gasteiger partial charge in [-0.05, 0) is 41.7 Å². The van der Waals surface area contributed by atoms with Gasteiger partial charge in [-0.2, -0.15) is 0 Å². The minimum absolute atomic E-state index is 0.0443. The van der Waals surface area contributed by atoms with Crippen LogP contribution in [0.25, 0.3) is 11.1 Å². The highest BCUT2D eigenvalue weighted by atomic mass is 14.4. The lowest BCUT2D eigenvalue weighted by Crippen LogP contribution is -2.19. The Balaban J connectivity index is 2.31. The van der Waals surface area contributed by atoms with Crippen molar-refractivity contribution in [3.05, 3.63) is 77.5 Å². The molecular formula is C19H18. The van der Waals surface area contributed by atoms with E-state index in [1.807, 2.05) is 6.08 Å². The fourth-order valence-electron chi connectivity index (χ4n) is 3.19. The molecule has 0 N–H and O–H groups in total. The standard InChI is InChI=1S/C19H18/c1-4-5-12-19(3)17-9-7-6-8-15(17)16-11-10-14(2)13-18(16)19/h5-11,13H,1,12H2,2-3H3/t19-/m0/s1. The van der Waals surface area contributed by atoms with Crippen LogP contribution in [0.4, 0.5) is 0 Å². The molecule has 19 heavy (non-hydrogen) atoms. The first-order chi connectivity index (χ1) is 9.16. The zero-order chi connectivity index (χ0) is 13.5. The van der Waals surface area contributed by atoms with Crippen LogP contribution in [-0.2, 0) is 5.41 Å². The molecule has 0 radical (unpaired) electrons. The first-order valence-corrected chi connectivity index (χ1v) is 6.72. The van der Waals surface area contributed by atoms with E-state index < -0.39 is 0 Å². The molecule has 0 unspecified atom stereocenters. The Bertz CT molecular complexity index is 687. The summed E-state index contributed by atoms with van der Waals surface area (Å²) in [7, 11) is 0. The molecule has 1 aliphatic carbocycles. The molecule has 94 valence electrons. The van der Waals surface area contributed by atoms with Crippen LogP contribution in [0.15, 0.2) is 60.9 Å². The van der Waals surface area contributed by atoms with E-state index in [0.717, 1.165) is 6.42 Å². The summed E-state index contributed by atoms with van der Waals surface area (Å²) in [6.07, 6.45) is 3.00. The van der Waals surface area contributed by atoms with Crippen LogP contribution < -0.4 is 0 Å². The number of aryl methyl sites for hydroxylation is 1. The van der Waals surface area contributed by atoms with E-state index in [0.29, 0.717) is 0 Å². The van der Waals surface area contributed by atoms with Crippen molar-refractivity contribution < 1.29 is 0 Å². The Morgan fingerprint density at radius 3 is 2.63 bits per heavy atom. The predicted molar refractivity (Wildman–Crippen MR) is 81.4 cm³/mol. The van der Waals surface area contributed by atoms with E-state index in [1.165, 1.54) is 27.8 Å². The van der Waals surface area contributed by atoms with Crippen molar-refractivity contribution >= 4 is 0 Å². The molecule has 1 atom stereocenters. The Hall–Kier alpha value is -2.04. The van der Waals surface area contributed by atoms with Crippen LogP contribution in [0.3, 0.4) is 0 Å². The zero-order valence-corrected chi connectivity index (χ0v) is 11.5. The first kappa shape index (κ1) is 12.0. The third kappa shape index (κ3) is 1.69. The zero-order valence-electron chi connectivity index (χ0n) is 11.5. The molecule has 0 aliphatic heterocycles. The Morgan fingerprint density at radius 1 is 1.11 bits per heavy atom. The van der Waals surface area contributed by atoms with Gasteiger partial charge in [0.15, 0.2) is 0 Å². The van der Waals surface area contributed by atoms with E-state index in [4.69, 9.17) is 0 Å². The second kappa shape index (κ2) is 4.26. The van der Waals surface area contributed by atoms with E-state index in [9.17, 15) is 0 Å². The van der Waals surface area contributed by atoms with Gasteiger partial charge in [0.2, 0.25) is 0 Å². The first-order valence-electron chi connectivity index (χ1n) is 6.72. The minimum atomic E-state index is 0.0443. The highest BCUT2D eigenvalue weighted by Crippen LogP contribution is 2.50. The number of hydrogen-bond acceptors (Lipinski definition) is 0. The molecule has 0 saturated heterocycles. The average molecular weight is 246 g/mol. The summed E-state index contributed by atoms with van der Waals surface area (Å²) >= 11 is 0. The number of hydrogen-bond donors (Lipinski definition) is 0. The molecule has 3 rings (SSSR count). The second-order valence-electron chi connectivity index (χ2n) is 5.54. The number of rotatable bonds is 2. The second-order valence-corrected chi connectivity index (χ2v) is 5.54. The third-order valence-electron chi connectivity index (χ3n) is 4.24. The maximum atomic E-state index is 3.70. The third-order valence-corrected chi connectivity index (χ3v) is 4.24. The molecule has 1 aliphatic rings. The highest BCUT2D eigenvalue weighted by Gasteiger charge is 2.38. The van der Waals surface area contributed by atoms with Crippen molar-refractivity contribution in [2.75, 3.05) is 0 Å². The van der Waals surface area contributed by atoms with Crippen LogP contribution in [0, 0.1) is 6.92 Å². The largest absolute Gasteiger partial charge is 0.133 e. The van der Waals surface area contributed by atoms with E-state index in [2.05, 4.69) is 68.6 Å².